The van der Waals surface area contributed by atoms with E-state index in [4.69, 9.17) is 25.2 Å². The standard InChI is InChI=1S/C21H42N4O2.C9H14O.C2H4O2/c1-4-5-12-23(13-7-6-11-22)20(26)16-24-14-8-9-19(24)10-15-25-17-21(2,3)18-27-25;1-3-5-8-6-7-10-9(8)4-2;1-2(3)4/h19H,4-18,22H2,1-3H3;4-5H,3,6-7H2,1-2H3;1H3,(H,3,4)/b;8-5-,9-4+;/t19-;;/m1../s1. The molecule has 9 heteroatoms. The maximum absolute atomic E-state index is 12.9. The van der Waals surface area contributed by atoms with E-state index >= 15 is 0 Å². The largest absolute Gasteiger partial charge is 0.493 e. The zero-order valence-corrected chi connectivity index (χ0v) is 27.0. The summed E-state index contributed by atoms with van der Waals surface area (Å²) in [6, 6.07) is 0.512. The maximum atomic E-state index is 12.9. The molecule has 0 radical (unpaired) electrons. The summed E-state index contributed by atoms with van der Waals surface area (Å²) in [5, 5.41) is 9.54. The van der Waals surface area contributed by atoms with E-state index in [0.29, 0.717) is 25.0 Å². The molecule has 3 aliphatic rings. The minimum absolute atomic E-state index is 0.259. The van der Waals surface area contributed by atoms with Gasteiger partial charge < -0.3 is 20.5 Å². The van der Waals surface area contributed by atoms with Gasteiger partial charge >= 0.3 is 0 Å². The van der Waals surface area contributed by atoms with Crippen LogP contribution in [0.15, 0.2) is 23.5 Å². The third-order valence-corrected chi connectivity index (χ3v) is 7.47. The SMILES string of the molecule is C/C=C1/OCC/C1=C/CC.CC(=O)O.CCCCN(CCCCN)C(=O)CN1CCC[C@@H]1CCN1CC(C)(C)CO1. The number of ether oxygens (including phenoxy) is 1. The van der Waals surface area contributed by atoms with Crippen LogP contribution in [-0.2, 0) is 19.2 Å². The molecule has 41 heavy (non-hydrogen) atoms. The van der Waals surface area contributed by atoms with Crippen molar-refractivity contribution >= 4 is 11.9 Å². The first-order valence-corrected chi connectivity index (χ1v) is 15.8. The van der Waals surface area contributed by atoms with Gasteiger partial charge in [-0.2, -0.15) is 5.06 Å². The smallest absolute Gasteiger partial charge is 0.300 e. The summed E-state index contributed by atoms with van der Waals surface area (Å²) in [5.74, 6) is 0.549. The molecule has 238 valence electrons. The molecule has 0 aliphatic carbocycles. The predicted molar refractivity (Wildman–Crippen MR) is 166 cm³/mol. The summed E-state index contributed by atoms with van der Waals surface area (Å²) in [6.07, 6.45) is 14.2. The van der Waals surface area contributed by atoms with Crippen molar-refractivity contribution in [2.75, 3.05) is 59.0 Å². The van der Waals surface area contributed by atoms with E-state index in [0.717, 1.165) is 104 Å². The van der Waals surface area contributed by atoms with E-state index < -0.39 is 5.97 Å². The van der Waals surface area contributed by atoms with Gasteiger partial charge in [0.1, 0.15) is 5.76 Å². The lowest BCUT2D eigenvalue weighted by molar-refractivity contribution is -0.134. The van der Waals surface area contributed by atoms with Crippen molar-refractivity contribution in [3.05, 3.63) is 23.5 Å². The number of allylic oxidation sites excluding steroid dienone is 3. The predicted octanol–water partition coefficient (Wildman–Crippen LogP) is 5.22. The molecule has 1 amide bonds. The fourth-order valence-corrected chi connectivity index (χ4v) is 5.34. The quantitative estimate of drug-likeness (QED) is 0.286. The Kier molecular flexibility index (Phi) is 18.9. The third-order valence-electron chi connectivity index (χ3n) is 7.47. The molecular formula is C32H60N4O5. The molecule has 0 aromatic heterocycles. The monoisotopic (exact) mass is 580 g/mol. The minimum atomic E-state index is -0.833. The zero-order chi connectivity index (χ0) is 30.7. The Morgan fingerprint density at radius 2 is 1.90 bits per heavy atom. The minimum Gasteiger partial charge on any atom is -0.493 e. The molecule has 0 unspecified atom stereocenters. The zero-order valence-electron chi connectivity index (χ0n) is 27.0. The molecule has 0 aromatic carbocycles. The second-order valence-electron chi connectivity index (χ2n) is 12.0. The van der Waals surface area contributed by atoms with Gasteiger partial charge in [-0.15, -0.1) is 0 Å². The van der Waals surface area contributed by atoms with Crippen molar-refractivity contribution in [3.8, 4) is 0 Å². The Balaban J connectivity index is 0.000000493. The molecule has 1 atom stereocenters. The third kappa shape index (κ3) is 15.7. The van der Waals surface area contributed by atoms with Gasteiger partial charge in [0.2, 0.25) is 5.91 Å². The van der Waals surface area contributed by atoms with Crippen molar-refractivity contribution < 1.29 is 24.3 Å². The number of hydroxylamine groups is 2. The fourth-order valence-electron chi connectivity index (χ4n) is 5.34. The molecule has 3 heterocycles. The van der Waals surface area contributed by atoms with Gasteiger partial charge in [0, 0.05) is 51.0 Å². The molecular weight excluding hydrogens is 520 g/mol. The normalized spacial score (nSPS) is 22.2. The molecule has 0 spiro atoms. The molecule has 9 nitrogen and oxygen atoms in total. The Hall–Kier alpha value is -1.94. The highest BCUT2D eigenvalue weighted by atomic mass is 16.7. The van der Waals surface area contributed by atoms with Crippen LogP contribution in [-0.4, -0.2) is 96.9 Å². The second-order valence-corrected chi connectivity index (χ2v) is 12.0. The Labute approximate surface area is 250 Å². The number of carboxylic acid groups (broad SMARTS) is 1. The lowest BCUT2D eigenvalue weighted by atomic mass is 9.96. The van der Waals surface area contributed by atoms with Gasteiger partial charge in [0.15, 0.2) is 0 Å². The molecule has 3 N–H and O–H groups in total. The van der Waals surface area contributed by atoms with Crippen molar-refractivity contribution in [1.82, 2.24) is 14.9 Å². The van der Waals surface area contributed by atoms with E-state index in [-0.39, 0.29) is 5.41 Å². The van der Waals surface area contributed by atoms with Crippen molar-refractivity contribution in [3.63, 3.8) is 0 Å². The summed E-state index contributed by atoms with van der Waals surface area (Å²) < 4.78 is 5.36. The van der Waals surface area contributed by atoms with Gasteiger partial charge in [0.05, 0.1) is 19.8 Å². The number of aliphatic carboxylic acids is 1. The number of amides is 1. The Morgan fingerprint density at radius 3 is 2.49 bits per heavy atom. The number of likely N-dealkylation sites (tertiary alicyclic amines) is 1. The average molecular weight is 581 g/mol. The van der Waals surface area contributed by atoms with Crippen LogP contribution in [0.4, 0.5) is 0 Å². The lowest BCUT2D eigenvalue weighted by Gasteiger charge is -2.29. The van der Waals surface area contributed by atoms with E-state index in [1.54, 1.807) is 0 Å². The van der Waals surface area contributed by atoms with E-state index in [1.165, 1.54) is 18.4 Å². The lowest BCUT2D eigenvalue weighted by Crippen LogP contribution is -2.43. The van der Waals surface area contributed by atoms with E-state index in [1.807, 2.05) is 13.0 Å². The number of hydrogen-bond acceptors (Lipinski definition) is 7. The number of rotatable bonds is 13. The van der Waals surface area contributed by atoms with Gasteiger partial charge in [-0.25, -0.2) is 0 Å². The van der Waals surface area contributed by atoms with Crippen LogP contribution in [0.1, 0.15) is 99.3 Å². The van der Waals surface area contributed by atoms with E-state index in [2.05, 4.69) is 48.6 Å². The van der Waals surface area contributed by atoms with E-state index in [9.17, 15) is 4.79 Å². The van der Waals surface area contributed by atoms with Gasteiger partial charge in [-0.05, 0) is 76.6 Å². The molecule has 0 bridgehead atoms. The summed E-state index contributed by atoms with van der Waals surface area (Å²) in [7, 11) is 0. The molecule has 3 rings (SSSR count). The van der Waals surface area contributed by atoms with Crippen molar-refractivity contribution in [2.24, 2.45) is 11.1 Å². The van der Waals surface area contributed by atoms with Crippen LogP contribution in [0, 0.1) is 5.41 Å². The second kappa shape index (κ2) is 20.9. The van der Waals surface area contributed by atoms with Crippen LogP contribution in [0.25, 0.3) is 0 Å². The topological polar surface area (TPSA) is 109 Å². The molecule has 3 saturated heterocycles. The molecule has 3 fully saturated rings. The summed E-state index contributed by atoms with van der Waals surface area (Å²) in [4.78, 5) is 32.2. The first-order chi connectivity index (χ1) is 19.6. The molecule has 3 aliphatic heterocycles. The van der Waals surface area contributed by atoms with Crippen LogP contribution in [0.3, 0.4) is 0 Å². The highest BCUT2D eigenvalue weighted by molar-refractivity contribution is 5.78. The number of unbranched alkanes of at least 4 members (excludes halogenated alkanes) is 2. The number of carbonyl (C=O) groups is 2. The Bertz CT molecular complexity index is 810. The van der Waals surface area contributed by atoms with Crippen LogP contribution >= 0.6 is 0 Å². The van der Waals surface area contributed by atoms with Crippen LogP contribution in [0.5, 0.6) is 0 Å². The number of carboxylic acids is 1. The number of hydrogen-bond donors (Lipinski definition) is 2. The fraction of sp³-hybridized carbons (Fsp3) is 0.812. The first-order valence-electron chi connectivity index (χ1n) is 15.8. The maximum Gasteiger partial charge on any atom is 0.300 e. The van der Waals surface area contributed by atoms with Gasteiger partial charge in [-0.3, -0.25) is 19.3 Å². The summed E-state index contributed by atoms with van der Waals surface area (Å²) in [6.45, 7) is 19.7. The highest BCUT2D eigenvalue weighted by Gasteiger charge is 2.33. The van der Waals surface area contributed by atoms with Crippen molar-refractivity contribution in [2.45, 2.75) is 105 Å². The Morgan fingerprint density at radius 1 is 1.20 bits per heavy atom. The van der Waals surface area contributed by atoms with Gasteiger partial charge in [-0.1, -0.05) is 40.2 Å². The average Bonchev–Trinajstić information content (AvgIpc) is 3.65. The number of carbonyl (C=O) groups excluding carboxylic acids is 1. The number of nitrogens with zero attached hydrogens (tertiary/aromatic N) is 3. The van der Waals surface area contributed by atoms with Crippen LogP contribution in [0.2, 0.25) is 0 Å². The summed E-state index contributed by atoms with van der Waals surface area (Å²) >= 11 is 0. The van der Waals surface area contributed by atoms with Crippen molar-refractivity contribution in [1.29, 1.82) is 0 Å². The van der Waals surface area contributed by atoms with Gasteiger partial charge in [0.25, 0.3) is 5.97 Å². The van der Waals surface area contributed by atoms with Crippen LogP contribution < -0.4 is 5.73 Å². The highest BCUT2D eigenvalue weighted by Crippen LogP contribution is 2.27. The first kappa shape index (κ1) is 37.1. The number of nitrogens with two attached hydrogens (primary N) is 1. The molecule has 0 saturated carbocycles. The summed E-state index contributed by atoms with van der Waals surface area (Å²) in [5.41, 5.74) is 7.26. The molecule has 0 aromatic rings.